The maximum atomic E-state index is 11.7. The maximum absolute atomic E-state index is 11.7. The van der Waals surface area contributed by atoms with Gasteiger partial charge in [0.1, 0.15) is 5.60 Å². The summed E-state index contributed by atoms with van der Waals surface area (Å²) in [5, 5.41) is 6.17. The molecule has 1 aromatic rings. The second-order valence-electron chi connectivity index (χ2n) is 5.73. The minimum Gasteiger partial charge on any atom is -0.444 e. The lowest BCUT2D eigenvalue weighted by molar-refractivity contribution is 0.0505. The number of ether oxygens (including phenoxy) is 1. The molecule has 0 aliphatic carbocycles. The molecule has 1 rings (SSSR count). The highest BCUT2D eigenvalue weighted by atomic mass is 16.6. The predicted molar refractivity (Wildman–Crippen MR) is 78.4 cm³/mol. The van der Waals surface area contributed by atoms with E-state index in [0.717, 1.165) is 5.69 Å². The molecular formula is C15H24N2O2. The molecule has 0 bridgehead atoms. The number of para-hydroxylation sites is 1. The lowest BCUT2D eigenvalue weighted by atomic mass is 10.1. The van der Waals surface area contributed by atoms with E-state index < -0.39 is 5.60 Å². The van der Waals surface area contributed by atoms with Crippen molar-refractivity contribution in [2.75, 3.05) is 5.32 Å². The van der Waals surface area contributed by atoms with Gasteiger partial charge in [-0.15, -0.1) is 0 Å². The van der Waals surface area contributed by atoms with E-state index in [4.69, 9.17) is 4.74 Å². The van der Waals surface area contributed by atoms with Crippen molar-refractivity contribution in [3.05, 3.63) is 30.3 Å². The molecule has 0 unspecified atom stereocenters. The minimum absolute atomic E-state index is 0.0324. The summed E-state index contributed by atoms with van der Waals surface area (Å²) in [6.07, 6.45) is -0.387. The quantitative estimate of drug-likeness (QED) is 0.876. The first-order valence-corrected chi connectivity index (χ1v) is 6.59. The number of carbonyl (C=O) groups excluding carboxylic acids is 1. The number of alkyl carbamates (subject to hydrolysis) is 1. The molecule has 0 spiro atoms. The lowest BCUT2D eigenvalue weighted by Gasteiger charge is -2.26. The largest absolute Gasteiger partial charge is 0.444 e. The van der Waals surface area contributed by atoms with Crippen molar-refractivity contribution in [2.24, 2.45) is 0 Å². The van der Waals surface area contributed by atoms with Gasteiger partial charge in [-0.25, -0.2) is 4.79 Å². The molecule has 2 N–H and O–H groups in total. The number of rotatable bonds is 4. The third kappa shape index (κ3) is 6.13. The number of anilines is 1. The molecule has 4 heteroatoms. The van der Waals surface area contributed by atoms with Crippen molar-refractivity contribution >= 4 is 11.8 Å². The highest BCUT2D eigenvalue weighted by Crippen LogP contribution is 2.10. The van der Waals surface area contributed by atoms with Crippen molar-refractivity contribution < 1.29 is 9.53 Å². The van der Waals surface area contributed by atoms with Crippen molar-refractivity contribution in [3.8, 4) is 0 Å². The summed E-state index contributed by atoms with van der Waals surface area (Å²) in [6, 6.07) is 9.98. The number of hydrogen-bond donors (Lipinski definition) is 2. The Balaban J connectivity index is 2.45. The van der Waals surface area contributed by atoms with E-state index in [1.165, 1.54) is 0 Å². The fourth-order valence-electron chi connectivity index (χ4n) is 1.54. The van der Waals surface area contributed by atoms with Crippen molar-refractivity contribution in [1.29, 1.82) is 0 Å². The fraction of sp³-hybridized carbons (Fsp3) is 0.533. The molecular weight excluding hydrogens is 240 g/mol. The first-order chi connectivity index (χ1) is 8.78. The van der Waals surface area contributed by atoms with Gasteiger partial charge in [-0.1, -0.05) is 18.2 Å². The van der Waals surface area contributed by atoms with Crippen LogP contribution in [0.1, 0.15) is 34.6 Å². The van der Waals surface area contributed by atoms with E-state index >= 15 is 0 Å². The molecule has 2 atom stereocenters. The standard InChI is InChI=1S/C15H24N2O2/c1-11(16-13-9-7-6-8-10-13)12(2)17-14(18)19-15(3,4)5/h6-12,16H,1-5H3,(H,17,18)/t11-,12+/m0/s1. The Bertz CT molecular complexity index is 398. The van der Waals surface area contributed by atoms with Gasteiger partial charge in [-0.2, -0.15) is 0 Å². The van der Waals surface area contributed by atoms with E-state index in [0.29, 0.717) is 0 Å². The summed E-state index contributed by atoms with van der Waals surface area (Å²) >= 11 is 0. The Labute approximate surface area is 115 Å². The van der Waals surface area contributed by atoms with Gasteiger partial charge < -0.3 is 15.4 Å². The maximum Gasteiger partial charge on any atom is 0.407 e. The van der Waals surface area contributed by atoms with Gasteiger partial charge in [0.2, 0.25) is 0 Å². The Morgan fingerprint density at radius 2 is 1.68 bits per heavy atom. The van der Waals surface area contributed by atoms with Crippen LogP contribution >= 0.6 is 0 Å². The normalized spacial score (nSPS) is 14.4. The van der Waals surface area contributed by atoms with Crippen LogP contribution in [0.2, 0.25) is 0 Å². The zero-order chi connectivity index (χ0) is 14.5. The molecule has 1 aromatic carbocycles. The van der Waals surface area contributed by atoms with Crippen LogP contribution in [-0.2, 0) is 4.74 Å². The number of hydrogen-bond acceptors (Lipinski definition) is 3. The summed E-state index contributed by atoms with van der Waals surface area (Å²) in [5.74, 6) is 0. The summed E-state index contributed by atoms with van der Waals surface area (Å²) in [4.78, 5) is 11.7. The van der Waals surface area contributed by atoms with Crippen LogP contribution in [0.15, 0.2) is 30.3 Å². The summed E-state index contributed by atoms with van der Waals surface area (Å²) < 4.78 is 5.23. The van der Waals surface area contributed by atoms with Gasteiger partial charge in [0, 0.05) is 17.8 Å². The number of carbonyl (C=O) groups is 1. The molecule has 4 nitrogen and oxygen atoms in total. The first kappa shape index (κ1) is 15.3. The molecule has 106 valence electrons. The fourth-order valence-corrected chi connectivity index (χ4v) is 1.54. The summed E-state index contributed by atoms with van der Waals surface area (Å²) in [7, 11) is 0. The van der Waals surface area contributed by atoms with Gasteiger partial charge in [-0.3, -0.25) is 0 Å². The van der Waals surface area contributed by atoms with Gasteiger partial charge in [0.05, 0.1) is 0 Å². The molecule has 0 fully saturated rings. The second-order valence-corrected chi connectivity index (χ2v) is 5.73. The topological polar surface area (TPSA) is 50.4 Å². The van der Waals surface area contributed by atoms with Gasteiger partial charge in [0.25, 0.3) is 0 Å². The van der Waals surface area contributed by atoms with E-state index in [1.807, 2.05) is 65.0 Å². The highest BCUT2D eigenvalue weighted by molar-refractivity contribution is 5.68. The Kier molecular flexibility index (Phi) is 5.21. The smallest absolute Gasteiger partial charge is 0.407 e. The van der Waals surface area contributed by atoms with Crippen LogP contribution in [0.3, 0.4) is 0 Å². The van der Waals surface area contributed by atoms with E-state index in [9.17, 15) is 4.79 Å². The number of benzene rings is 1. The van der Waals surface area contributed by atoms with E-state index in [-0.39, 0.29) is 18.2 Å². The molecule has 0 saturated carbocycles. The van der Waals surface area contributed by atoms with E-state index in [2.05, 4.69) is 10.6 Å². The summed E-state index contributed by atoms with van der Waals surface area (Å²) in [6.45, 7) is 9.52. The third-order valence-corrected chi connectivity index (χ3v) is 2.66. The molecule has 0 aromatic heterocycles. The van der Waals surface area contributed by atoms with Crippen molar-refractivity contribution in [1.82, 2.24) is 5.32 Å². The first-order valence-electron chi connectivity index (χ1n) is 6.59. The Morgan fingerprint density at radius 3 is 2.21 bits per heavy atom. The SMILES string of the molecule is C[C@H](Nc1ccccc1)[C@@H](C)NC(=O)OC(C)(C)C. The van der Waals surface area contributed by atoms with Gasteiger partial charge >= 0.3 is 6.09 Å². The molecule has 0 aliphatic rings. The predicted octanol–water partition coefficient (Wildman–Crippen LogP) is 3.40. The number of amides is 1. The average molecular weight is 264 g/mol. The zero-order valence-electron chi connectivity index (χ0n) is 12.4. The van der Waals surface area contributed by atoms with Crippen LogP contribution in [0.4, 0.5) is 10.5 Å². The van der Waals surface area contributed by atoms with E-state index in [1.54, 1.807) is 0 Å². The number of nitrogens with one attached hydrogen (secondary N) is 2. The molecule has 0 heterocycles. The van der Waals surface area contributed by atoms with Crippen LogP contribution in [0, 0.1) is 0 Å². The monoisotopic (exact) mass is 264 g/mol. The molecule has 19 heavy (non-hydrogen) atoms. The minimum atomic E-state index is -0.472. The van der Waals surface area contributed by atoms with Gasteiger partial charge in [-0.05, 0) is 46.8 Å². The molecule has 0 saturated heterocycles. The third-order valence-electron chi connectivity index (χ3n) is 2.66. The van der Waals surface area contributed by atoms with Crippen molar-refractivity contribution in [3.63, 3.8) is 0 Å². The van der Waals surface area contributed by atoms with Crippen LogP contribution in [0.25, 0.3) is 0 Å². The second kappa shape index (κ2) is 6.45. The molecule has 0 aliphatic heterocycles. The lowest BCUT2D eigenvalue weighted by Crippen LogP contribution is -2.45. The Morgan fingerprint density at radius 1 is 1.11 bits per heavy atom. The van der Waals surface area contributed by atoms with Crippen LogP contribution < -0.4 is 10.6 Å². The average Bonchev–Trinajstić information content (AvgIpc) is 2.27. The molecule has 0 radical (unpaired) electrons. The van der Waals surface area contributed by atoms with Crippen molar-refractivity contribution in [2.45, 2.75) is 52.3 Å². The van der Waals surface area contributed by atoms with Crippen LogP contribution in [-0.4, -0.2) is 23.8 Å². The highest BCUT2D eigenvalue weighted by Gasteiger charge is 2.20. The zero-order valence-corrected chi connectivity index (χ0v) is 12.4. The summed E-state index contributed by atoms with van der Waals surface area (Å²) in [5.41, 5.74) is 0.563. The van der Waals surface area contributed by atoms with Gasteiger partial charge in [0.15, 0.2) is 0 Å². The Hall–Kier alpha value is -1.71. The molecule has 1 amide bonds. The van der Waals surface area contributed by atoms with Crippen LogP contribution in [0.5, 0.6) is 0 Å².